The second-order valence-electron chi connectivity index (χ2n) is 6.31. The second-order valence-corrected chi connectivity index (χ2v) is 8.07. The number of hydrogen-bond acceptors (Lipinski definition) is 6. The van der Waals surface area contributed by atoms with Crippen molar-refractivity contribution in [1.82, 2.24) is 15.2 Å². The van der Waals surface area contributed by atoms with Crippen molar-refractivity contribution in [2.45, 2.75) is 19.5 Å². The zero-order chi connectivity index (χ0) is 20.7. The van der Waals surface area contributed by atoms with Crippen LogP contribution >= 0.6 is 34.5 Å². The summed E-state index contributed by atoms with van der Waals surface area (Å²) in [6.45, 7) is 1.57. The number of imide groups is 1. The van der Waals surface area contributed by atoms with Crippen LogP contribution in [0.25, 0.3) is 10.8 Å². The Kier molecular flexibility index (Phi) is 5.16. The molecule has 1 aliphatic rings. The minimum Gasteiger partial charge on any atom is -0.443 e. The van der Waals surface area contributed by atoms with Gasteiger partial charge in [0.25, 0.3) is 11.8 Å². The van der Waals surface area contributed by atoms with E-state index in [1.807, 2.05) is 17.5 Å². The van der Waals surface area contributed by atoms with Crippen LogP contribution < -0.4 is 5.32 Å². The Labute approximate surface area is 179 Å². The molecule has 1 N–H and O–H groups in total. The van der Waals surface area contributed by atoms with E-state index in [1.54, 1.807) is 0 Å². The van der Waals surface area contributed by atoms with E-state index < -0.39 is 23.8 Å². The van der Waals surface area contributed by atoms with Crippen LogP contribution in [0, 0.1) is 0 Å². The third kappa shape index (κ3) is 3.55. The number of amides is 3. The normalized spacial score (nSPS) is 14.2. The lowest BCUT2D eigenvalue weighted by molar-refractivity contribution is -0.124. The molecule has 1 aromatic carbocycles. The van der Waals surface area contributed by atoms with Gasteiger partial charge in [-0.15, -0.1) is 11.3 Å². The molecule has 29 heavy (non-hydrogen) atoms. The summed E-state index contributed by atoms with van der Waals surface area (Å²) in [5.74, 6) is -1.22. The van der Waals surface area contributed by atoms with Crippen LogP contribution in [0.1, 0.15) is 33.3 Å². The maximum Gasteiger partial charge on any atom is 0.262 e. The standard InChI is InChI=1S/C19H13Cl2N3O4S/c1-9(24-18(26)11-5-13(20)14(21)6-12(11)19(24)27)16(25)22-7-10-8-28-17(23-10)15-3-2-4-29-15/h2-6,8-9H,7H2,1H3,(H,22,25). The van der Waals surface area contributed by atoms with Crippen molar-refractivity contribution in [3.05, 3.63) is 62.8 Å². The number of nitrogens with one attached hydrogen (secondary N) is 1. The molecular weight excluding hydrogens is 437 g/mol. The van der Waals surface area contributed by atoms with Gasteiger partial charge in [-0.25, -0.2) is 4.98 Å². The highest BCUT2D eigenvalue weighted by Crippen LogP contribution is 2.32. The molecule has 0 spiro atoms. The van der Waals surface area contributed by atoms with Gasteiger partial charge in [0.15, 0.2) is 0 Å². The van der Waals surface area contributed by atoms with Gasteiger partial charge in [-0.05, 0) is 30.5 Å². The van der Waals surface area contributed by atoms with Crippen molar-refractivity contribution in [3.8, 4) is 10.8 Å². The number of halogens is 2. The molecule has 1 unspecified atom stereocenters. The van der Waals surface area contributed by atoms with Gasteiger partial charge in [0, 0.05) is 0 Å². The molecule has 4 rings (SSSR count). The summed E-state index contributed by atoms with van der Waals surface area (Å²) in [5.41, 5.74) is 0.775. The number of rotatable bonds is 5. The molecule has 2 aromatic heterocycles. The molecule has 10 heteroatoms. The van der Waals surface area contributed by atoms with E-state index in [-0.39, 0.29) is 27.7 Å². The number of carbonyl (C=O) groups is 3. The largest absolute Gasteiger partial charge is 0.443 e. The van der Waals surface area contributed by atoms with Crippen molar-refractivity contribution >= 4 is 52.3 Å². The number of benzene rings is 1. The Morgan fingerprint density at radius 1 is 1.24 bits per heavy atom. The average Bonchev–Trinajstić information content (AvgIpc) is 3.42. The number of thiophene rings is 1. The van der Waals surface area contributed by atoms with Gasteiger partial charge in [-0.1, -0.05) is 29.3 Å². The van der Waals surface area contributed by atoms with Crippen LogP contribution in [-0.4, -0.2) is 33.6 Å². The third-order valence-electron chi connectivity index (χ3n) is 4.45. The first-order valence-corrected chi connectivity index (χ1v) is 10.1. The summed E-state index contributed by atoms with van der Waals surface area (Å²) < 4.78 is 5.40. The molecule has 1 atom stereocenters. The Bertz CT molecular complexity index is 1090. The molecule has 148 valence electrons. The second kappa shape index (κ2) is 7.62. The smallest absolute Gasteiger partial charge is 0.262 e. The lowest BCUT2D eigenvalue weighted by atomic mass is 10.1. The van der Waals surface area contributed by atoms with Gasteiger partial charge >= 0.3 is 0 Å². The summed E-state index contributed by atoms with van der Waals surface area (Å²) >= 11 is 13.4. The van der Waals surface area contributed by atoms with Crippen LogP contribution in [0.3, 0.4) is 0 Å². The Hall–Kier alpha value is -2.68. The first-order valence-electron chi connectivity index (χ1n) is 8.49. The monoisotopic (exact) mass is 449 g/mol. The van der Waals surface area contributed by atoms with E-state index in [2.05, 4.69) is 10.3 Å². The van der Waals surface area contributed by atoms with Crippen molar-refractivity contribution in [2.75, 3.05) is 0 Å². The lowest BCUT2D eigenvalue weighted by Crippen LogP contribution is -2.47. The molecule has 1 aliphatic heterocycles. The molecule has 0 bridgehead atoms. The zero-order valence-corrected chi connectivity index (χ0v) is 17.3. The summed E-state index contributed by atoms with van der Waals surface area (Å²) in [4.78, 5) is 43.9. The van der Waals surface area contributed by atoms with Gasteiger partial charge in [0.1, 0.15) is 12.3 Å². The molecule has 0 radical (unpaired) electrons. The van der Waals surface area contributed by atoms with E-state index >= 15 is 0 Å². The highest BCUT2D eigenvalue weighted by Gasteiger charge is 2.41. The Morgan fingerprint density at radius 2 is 1.90 bits per heavy atom. The number of hydrogen-bond donors (Lipinski definition) is 1. The molecule has 7 nitrogen and oxygen atoms in total. The summed E-state index contributed by atoms with van der Waals surface area (Å²) in [7, 11) is 0. The van der Waals surface area contributed by atoms with Crippen molar-refractivity contribution in [2.24, 2.45) is 0 Å². The van der Waals surface area contributed by atoms with E-state index in [0.717, 1.165) is 9.78 Å². The fourth-order valence-corrected chi connectivity index (χ4v) is 3.93. The minimum atomic E-state index is -1.02. The summed E-state index contributed by atoms with van der Waals surface area (Å²) in [5, 5.41) is 4.91. The average molecular weight is 450 g/mol. The number of fused-ring (bicyclic) bond motifs is 1. The molecular formula is C19H13Cl2N3O4S. The lowest BCUT2D eigenvalue weighted by Gasteiger charge is -2.21. The summed E-state index contributed by atoms with van der Waals surface area (Å²) in [6.07, 6.45) is 1.45. The highest BCUT2D eigenvalue weighted by molar-refractivity contribution is 7.13. The number of carbonyl (C=O) groups excluding carboxylic acids is 3. The third-order valence-corrected chi connectivity index (χ3v) is 6.03. The van der Waals surface area contributed by atoms with Crippen molar-refractivity contribution in [1.29, 1.82) is 0 Å². The molecule has 0 aliphatic carbocycles. The van der Waals surface area contributed by atoms with Crippen LogP contribution in [0.2, 0.25) is 10.0 Å². The molecule has 3 heterocycles. The van der Waals surface area contributed by atoms with Crippen molar-refractivity contribution in [3.63, 3.8) is 0 Å². The van der Waals surface area contributed by atoms with Crippen LogP contribution in [0.5, 0.6) is 0 Å². The summed E-state index contributed by atoms with van der Waals surface area (Å²) in [6, 6.07) is 5.41. The van der Waals surface area contributed by atoms with Crippen molar-refractivity contribution < 1.29 is 18.8 Å². The number of nitrogens with zero attached hydrogens (tertiary/aromatic N) is 2. The SMILES string of the molecule is CC(C(=O)NCc1coc(-c2cccs2)n1)N1C(=O)c2cc(Cl)c(Cl)cc2C1=O. The molecule has 0 saturated carbocycles. The maximum absolute atomic E-state index is 12.6. The van der Waals surface area contributed by atoms with Gasteiger partial charge in [-0.3, -0.25) is 19.3 Å². The van der Waals surface area contributed by atoms with Gasteiger partial charge in [-0.2, -0.15) is 0 Å². The van der Waals surface area contributed by atoms with E-state index in [4.69, 9.17) is 27.6 Å². The number of aromatic nitrogens is 1. The molecule has 0 fully saturated rings. The molecule has 3 aromatic rings. The first kappa shape index (κ1) is 19.6. The first-order chi connectivity index (χ1) is 13.9. The predicted octanol–water partition coefficient (Wildman–Crippen LogP) is 4.01. The van der Waals surface area contributed by atoms with E-state index in [1.165, 1.54) is 36.7 Å². The van der Waals surface area contributed by atoms with Gasteiger partial charge in [0.2, 0.25) is 11.8 Å². The maximum atomic E-state index is 12.6. The van der Waals surface area contributed by atoms with E-state index in [9.17, 15) is 14.4 Å². The Balaban J connectivity index is 1.44. The molecule has 3 amide bonds. The van der Waals surface area contributed by atoms with Crippen LogP contribution in [0.15, 0.2) is 40.3 Å². The zero-order valence-electron chi connectivity index (χ0n) is 14.9. The fourth-order valence-electron chi connectivity index (χ4n) is 2.95. The minimum absolute atomic E-state index is 0.0961. The fraction of sp³-hybridized carbons (Fsp3) is 0.158. The molecule has 0 saturated heterocycles. The number of oxazole rings is 1. The Morgan fingerprint density at radius 3 is 2.48 bits per heavy atom. The highest BCUT2D eigenvalue weighted by atomic mass is 35.5. The predicted molar refractivity (Wildman–Crippen MR) is 108 cm³/mol. The quantitative estimate of drug-likeness (QED) is 0.593. The van der Waals surface area contributed by atoms with Crippen LogP contribution in [-0.2, 0) is 11.3 Å². The van der Waals surface area contributed by atoms with Gasteiger partial charge < -0.3 is 9.73 Å². The van der Waals surface area contributed by atoms with Crippen LogP contribution in [0.4, 0.5) is 0 Å². The van der Waals surface area contributed by atoms with E-state index in [0.29, 0.717) is 11.6 Å². The topological polar surface area (TPSA) is 92.5 Å². The van der Waals surface area contributed by atoms with Gasteiger partial charge in [0.05, 0.1) is 38.3 Å².